The van der Waals surface area contributed by atoms with Crippen LogP contribution in [0, 0.1) is 5.92 Å². The molecule has 0 unspecified atom stereocenters. The van der Waals surface area contributed by atoms with Gasteiger partial charge in [0.2, 0.25) is 10.0 Å². The zero-order chi connectivity index (χ0) is 14.8. The van der Waals surface area contributed by atoms with Gasteiger partial charge in [0.25, 0.3) is 5.91 Å². The number of nitrogens with two attached hydrogens (primary N) is 1. The van der Waals surface area contributed by atoms with Crippen molar-refractivity contribution in [3.63, 3.8) is 0 Å². The van der Waals surface area contributed by atoms with E-state index in [1.807, 2.05) is 0 Å². The number of rotatable bonds is 4. The van der Waals surface area contributed by atoms with Gasteiger partial charge in [0, 0.05) is 12.1 Å². The smallest absolute Gasteiger partial charge is 0.251 e. The zero-order valence-corrected chi connectivity index (χ0v) is 12.5. The normalized spacial score (nSPS) is 16.3. The highest BCUT2D eigenvalue weighted by Crippen LogP contribution is 2.24. The minimum absolute atomic E-state index is 0.0137. The third kappa shape index (κ3) is 3.71. The minimum atomic E-state index is -3.93. The number of primary sulfonamides is 1. The molecule has 2 rings (SSSR count). The Morgan fingerprint density at radius 1 is 1.35 bits per heavy atom. The van der Waals surface area contributed by atoms with Crippen LogP contribution < -0.4 is 10.5 Å². The summed E-state index contributed by atoms with van der Waals surface area (Å²) in [6.45, 7) is 0.617. The highest BCUT2D eigenvalue weighted by molar-refractivity contribution is 7.89. The number of amides is 1. The SMILES string of the molecule is NS(=O)(=O)c1cc(C(=O)NCC2CCCC2)ccc1Cl. The van der Waals surface area contributed by atoms with E-state index in [9.17, 15) is 13.2 Å². The van der Waals surface area contributed by atoms with Gasteiger partial charge in [-0.3, -0.25) is 4.79 Å². The van der Waals surface area contributed by atoms with Gasteiger partial charge in [-0.1, -0.05) is 24.4 Å². The lowest BCUT2D eigenvalue weighted by atomic mass is 10.1. The van der Waals surface area contributed by atoms with E-state index >= 15 is 0 Å². The number of hydrogen-bond donors (Lipinski definition) is 2. The summed E-state index contributed by atoms with van der Waals surface area (Å²) in [6.07, 6.45) is 4.67. The predicted molar refractivity (Wildman–Crippen MR) is 77.1 cm³/mol. The minimum Gasteiger partial charge on any atom is -0.352 e. The molecular formula is C13H17ClN2O3S. The van der Waals surface area contributed by atoms with Crippen molar-refractivity contribution in [3.05, 3.63) is 28.8 Å². The Bertz CT molecular complexity index is 610. The monoisotopic (exact) mass is 316 g/mol. The molecule has 0 saturated heterocycles. The van der Waals surface area contributed by atoms with E-state index in [1.165, 1.54) is 31.0 Å². The summed E-state index contributed by atoms with van der Waals surface area (Å²) in [7, 11) is -3.93. The predicted octanol–water partition coefficient (Wildman–Crippen LogP) is 1.91. The average molecular weight is 317 g/mol. The number of halogens is 1. The zero-order valence-electron chi connectivity index (χ0n) is 10.9. The van der Waals surface area contributed by atoms with Crippen molar-refractivity contribution in [2.24, 2.45) is 11.1 Å². The molecule has 0 radical (unpaired) electrons. The fourth-order valence-electron chi connectivity index (χ4n) is 2.42. The maximum absolute atomic E-state index is 12.0. The van der Waals surface area contributed by atoms with E-state index < -0.39 is 10.0 Å². The maximum atomic E-state index is 12.0. The molecule has 1 amide bonds. The highest BCUT2D eigenvalue weighted by atomic mass is 35.5. The standard InChI is InChI=1S/C13H17ClN2O3S/c14-11-6-5-10(7-12(11)20(15,18)19)13(17)16-8-9-3-1-2-4-9/h5-7,9H,1-4,8H2,(H,16,17)(H2,15,18,19). The molecule has 0 aliphatic heterocycles. The van der Waals surface area contributed by atoms with Gasteiger partial charge in [-0.25, -0.2) is 13.6 Å². The van der Waals surface area contributed by atoms with Crippen LogP contribution >= 0.6 is 11.6 Å². The Morgan fingerprint density at radius 3 is 2.60 bits per heavy atom. The molecular weight excluding hydrogens is 300 g/mol. The fraction of sp³-hybridized carbons (Fsp3) is 0.462. The molecule has 20 heavy (non-hydrogen) atoms. The second-order valence-electron chi connectivity index (χ2n) is 5.05. The van der Waals surface area contributed by atoms with Gasteiger partial charge < -0.3 is 5.32 Å². The second kappa shape index (κ2) is 6.11. The fourth-order valence-corrected chi connectivity index (χ4v) is 3.49. The number of hydrogen-bond acceptors (Lipinski definition) is 3. The molecule has 0 aromatic heterocycles. The van der Waals surface area contributed by atoms with Crippen molar-refractivity contribution in [3.8, 4) is 0 Å². The molecule has 0 heterocycles. The van der Waals surface area contributed by atoms with Crippen molar-refractivity contribution in [1.29, 1.82) is 0 Å². The highest BCUT2D eigenvalue weighted by Gasteiger charge is 2.18. The molecule has 3 N–H and O–H groups in total. The van der Waals surface area contributed by atoms with E-state index in [1.54, 1.807) is 0 Å². The van der Waals surface area contributed by atoms with Gasteiger partial charge in [-0.15, -0.1) is 0 Å². The first-order chi connectivity index (χ1) is 9.38. The Kier molecular flexibility index (Phi) is 4.67. The summed E-state index contributed by atoms with van der Waals surface area (Å²) in [6, 6.07) is 4.06. The van der Waals surface area contributed by atoms with Crippen LogP contribution in [0.3, 0.4) is 0 Å². The molecule has 0 bridgehead atoms. The molecule has 7 heteroatoms. The van der Waals surface area contributed by atoms with Crippen LogP contribution in [-0.4, -0.2) is 20.9 Å². The van der Waals surface area contributed by atoms with Crippen molar-refractivity contribution in [2.45, 2.75) is 30.6 Å². The molecule has 0 spiro atoms. The molecule has 1 aliphatic carbocycles. The van der Waals surface area contributed by atoms with Gasteiger partial charge in [0.1, 0.15) is 4.90 Å². The lowest BCUT2D eigenvalue weighted by Gasteiger charge is -2.11. The lowest BCUT2D eigenvalue weighted by Crippen LogP contribution is -2.28. The summed E-state index contributed by atoms with van der Waals surface area (Å²) >= 11 is 5.78. The largest absolute Gasteiger partial charge is 0.352 e. The van der Waals surface area contributed by atoms with Crippen molar-refractivity contribution in [1.82, 2.24) is 5.32 Å². The first-order valence-corrected chi connectivity index (χ1v) is 8.41. The van der Waals surface area contributed by atoms with E-state index in [0.717, 1.165) is 12.8 Å². The molecule has 1 aromatic carbocycles. The van der Waals surface area contributed by atoms with Crippen LogP contribution in [-0.2, 0) is 10.0 Å². The van der Waals surface area contributed by atoms with Crippen molar-refractivity contribution < 1.29 is 13.2 Å². The Labute approximate surface area is 123 Å². The maximum Gasteiger partial charge on any atom is 0.251 e. The van der Waals surface area contributed by atoms with E-state index in [4.69, 9.17) is 16.7 Å². The third-order valence-corrected chi connectivity index (χ3v) is 4.92. The lowest BCUT2D eigenvalue weighted by molar-refractivity contribution is 0.0947. The van der Waals surface area contributed by atoms with Crippen LogP contribution in [0.25, 0.3) is 0 Å². The van der Waals surface area contributed by atoms with E-state index in [0.29, 0.717) is 12.5 Å². The molecule has 1 fully saturated rings. The number of benzene rings is 1. The van der Waals surface area contributed by atoms with Gasteiger partial charge in [-0.2, -0.15) is 0 Å². The summed E-state index contributed by atoms with van der Waals surface area (Å²) in [4.78, 5) is 11.8. The Balaban J connectivity index is 2.10. The van der Waals surface area contributed by atoms with Gasteiger partial charge in [0.15, 0.2) is 0 Å². The molecule has 1 saturated carbocycles. The molecule has 110 valence electrons. The number of sulfonamides is 1. The quantitative estimate of drug-likeness (QED) is 0.889. The Morgan fingerprint density at radius 2 is 2.00 bits per heavy atom. The van der Waals surface area contributed by atoms with Crippen LogP contribution in [0.2, 0.25) is 5.02 Å². The van der Waals surface area contributed by atoms with E-state index in [2.05, 4.69) is 5.32 Å². The summed E-state index contributed by atoms with van der Waals surface area (Å²) in [5, 5.41) is 7.89. The van der Waals surface area contributed by atoms with Crippen LogP contribution in [0.1, 0.15) is 36.0 Å². The topological polar surface area (TPSA) is 89.3 Å². The molecule has 0 atom stereocenters. The molecule has 1 aromatic rings. The van der Waals surface area contributed by atoms with Gasteiger partial charge in [0.05, 0.1) is 5.02 Å². The molecule has 5 nitrogen and oxygen atoms in total. The van der Waals surface area contributed by atoms with Crippen LogP contribution in [0.5, 0.6) is 0 Å². The summed E-state index contributed by atoms with van der Waals surface area (Å²) in [5.74, 6) is 0.211. The van der Waals surface area contributed by atoms with Crippen molar-refractivity contribution >= 4 is 27.5 Å². The first kappa shape index (κ1) is 15.3. The van der Waals surface area contributed by atoms with Crippen LogP contribution in [0.4, 0.5) is 0 Å². The number of nitrogens with one attached hydrogen (secondary N) is 1. The molecule has 1 aliphatic rings. The van der Waals surface area contributed by atoms with E-state index in [-0.39, 0.29) is 21.4 Å². The van der Waals surface area contributed by atoms with Gasteiger partial charge >= 0.3 is 0 Å². The van der Waals surface area contributed by atoms with Gasteiger partial charge in [-0.05, 0) is 37.0 Å². The van der Waals surface area contributed by atoms with Crippen molar-refractivity contribution in [2.75, 3.05) is 6.54 Å². The third-order valence-electron chi connectivity index (χ3n) is 3.53. The second-order valence-corrected chi connectivity index (χ2v) is 6.99. The van der Waals surface area contributed by atoms with Crippen LogP contribution in [0.15, 0.2) is 23.1 Å². The summed E-state index contributed by atoms with van der Waals surface area (Å²) < 4.78 is 22.7. The summed E-state index contributed by atoms with van der Waals surface area (Å²) in [5.41, 5.74) is 0.247. The Hall–Kier alpha value is -1.11. The average Bonchev–Trinajstić information content (AvgIpc) is 2.88. The number of carbonyl (C=O) groups is 1. The number of carbonyl (C=O) groups excluding carboxylic acids is 1. The first-order valence-electron chi connectivity index (χ1n) is 6.48.